The van der Waals surface area contributed by atoms with Crippen LogP contribution in [0.5, 0.6) is 0 Å². The summed E-state index contributed by atoms with van der Waals surface area (Å²) in [4.78, 5) is 13.9. The minimum atomic E-state index is -3.53. The van der Waals surface area contributed by atoms with Crippen LogP contribution in [0.1, 0.15) is 10.4 Å². The third kappa shape index (κ3) is 4.83. The van der Waals surface area contributed by atoms with Gasteiger partial charge < -0.3 is 10.2 Å². The standard InChI is InChI=1S/C12H16FN3O3S.ClH/c1-20(18,19)15-11-3-2-9(13)8-10(11)12(17)16-6-4-14-5-7-16;/h2-3,8,14-15H,4-7H2,1H3;1H. The summed E-state index contributed by atoms with van der Waals surface area (Å²) in [5.41, 5.74) is 0.120. The number of nitrogens with one attached hydrogen (secondary N) is 2. The minimum absolute atomic E-state index is 0. The number of benzene rings is 1. The fourth-order valence-electron chi connectivity index (χ4n) is 2.02. The van der Waals surface area contributed by atoms with Crippen molar-refractivity contribution in [1.29, 1.82) is 0 Å². The number of hydrogen-bond donors (Lipinski definition) is 2. The van der Waals surface area contributed by atoms with E-state index in [0.29, 0.717) is 26.2 Å². The smallest absolute Gasteiger partial charge is 0.256 e. The number of halogens is 2. The molecule has 118 valence electrons. The number of piperazine rings is 1. The van der Waals surface area contributed by atoms with E-state index in [0.717, 1.165) is 18.4 Å². The molecule has 1 heterocycles. The van der Waals surface area contributed by atoms with Crippen molar-refractivity contribution < 1.29 is 17.6 Å². The number of hydrogen-bond acceptors (Lipinski definition) is 4. The Balaban J connectivity index is 0.00000220. The number of carbonyl (C=O) groups excluding carboxylic acids is 1. The molecule has 2 rings (SSSR count). The Kier molecular flexibility index (Phi) is 5.94. The summed E-state index contributed by atoms with van der Waals surface area (Å²) in [7, 11) is -3.53. The van der Waals surface area contributed by atoms with Crippen LogP contribution in [-0.2, 0) is 10.0 Å². The average Bonchev–Trinajstić information content (AvgIpc) is 2.39. The van der Waals surface area contributed by atoms with E-state index in [1.807, 2.05) is 0 Å². The van der Waals surface area contributed by atoms with Crippen molar-refractivity contribution in [3.05, 3.63) is 29.6 Å². The predicted octanol–water partition coefficient (Wildman–Crippen LogP) is 0.664. The maximum Gasteiger partial charge on any atom is 0.256 e. The highest BCUT2D eigenvalue weighted by Gasteiger charge is 2.22. The highest BCUT2D eigenvalue weighted by molar-refractivity contribution is 7.92. The molecule has 0 aliphatic carbocycles. The quantitative estimate of drug-likeness (QED) is 0.849. The molecule has 1 saturated heterocycles. The number of amides is 1. The van der Waals surface area contributed by atoms with Gasteiger partial charge in [-0.15, -0.1) is 12.4 Å². The first-order valence-electron chi connectivity index (χ1n) is 6.14. The molecule has 1 aliphatic rings. The Hall–Kier alpha value is -1.38. The molecule has 0 aromatic heterocycles. The molecule has 9 heteroatoms. The summed E-state index contributed by atoms with van der Waals surface area (Å²) in [5, 5.41) is 3.11. The molecule has 0 bridgehead atoms. The molecule has 1 fully saturated rings. The highest BCUT2D eigenvalue weighted by atomic mass is 35.5. The molecule has 0 atom stereocenters. The minimum Gasteiger partial charge on any atom is -0.336 e. The fraction of sp³-hybridized carbons (Fsp3) is 0.417. The number of rotatable bonds is 3. The lowest BCUT2D eigenvalue weighted by Crippen LogP contribution is -2.46. The fourth-order valence-corrected chi connectivity index (χ4v) is 2.60. The largest absolute Gasteiger partial charge is 0.336 e. The van der Waals surface area contributed by atoms with Gasteiger partial charge in [-0.05, 0) is 18.2 Å². The van der Waals surface area contributed by atoms with Gasteiger partial charge in [0.2, 0.25) is 10.0 Å². The lowest BCUT2D eigenvalue weighted by Gasteiger charge is -2.28. The molecule has 0 saturated carbocycles. The second kappa shape index (κ2) is 7.06. The maximum atomic E-state index is 13.3. The summed E-state index contributed by atoms with van der Waals surface area (Å²) in [6.07, 6.45) is 0.982. The van der Waals surface area contributed by atoms with Crippen LogP contribution in [0.4, 0.5) is 10.1 Å². The van der Waals surface area contributed by atoms with Gasteiger partial charge in [-0.25, -0.2) is 12.8 Å². The van der Waals surface area contributed by atoms with Gasteiger partial charge in [-0.2, -0.15) is 0 Å². The van der Waals surface area contributed by atoms with Crippen LogP contribution < -0.4 is 10.0 Å². The molecule has 6 nitrogen and oxygen atoms in total. The molecule has 0 unspecified atom stereocenters. The normalized spacial score (nSPS) is 15.2. The molecule has 1 aromatic rings. The van der Waals surface area contributed by atoms with Crippen LogP contribution in [-0.4, -0.2) is 51.7 Å². The van der Waals surface area contributed by atoms with Gasteiger partial charge in [-0.1, -0.05) is 0 Å². The lowest BCUT2D eigenvalue weighted by atomic mass is 10.1. The van der Waals surface area contributed by atoms with Gasteiger partial charge in [-0.3, -0.25) is 9.52 Å². The van der Waals surface area contributed by atoms with Crippen LogP contribution >= 0.6 is 12.4 Å². The molecular weight excluding hydrogens is 321 g/mol. The van der Waals surface area contributed by atoms with Gasteiger partial charge >= 0.3 is 0 Å². The van der Waals surface area contributed by atoms with E-state index in [-0.39, 0.29) is 29.6 Å². The Labute approximate surface area is 129 Å². The second-order valence-corrected chi connectivity index (χ2v) is 6.35. The monoisotopic (exact) mass is 337 g/mol. The number of sulfonamides is 1. The molecule has 1 aliphatic heterocycles. The number of nitrogens with zero attached hydrogens (tertiary/aromatic N) is 1. The highest BCUT2D eigenvalue weighted by Crippen LogP contribution is 2.20. The molecule has 0 radical (unpaired) electrons. The van der Waals surface area contributed by atoms with Crippen molar-refractivity contribution in [3.8, 4) is 0 Å². The van der Waals surface area contributed by atoms with Crippen LogP contribution in [0.25, 0.3) is 0 Å². The molecule has 1 aromatic carbocycles. The SMILES string of the molecule is CS(=O)(=O)Nc1ccc(F)cc1C(=O)N1CCNCC1.Cl. The van der Waals surface area contributed by atoms with E-state index in [1.165, 1.54) is 6.07 Å². The Morgan fingerprint density at radius 3 is 2.52 bits per heavy atom. The summed E-state index contributed by atoms with van der Waals surface area (Å²) in [5.74, 6) is -0.959. The summed E-state index contributed by atoms with van der Waals surface area (Å²) in [6, 6.07) is 3.42. The first-order valence-corrected chi connectivity index (χ1v) is 8.03. The summed E-state index contributed by atoms with van der Waals surface area (Å²) < 4.78 is 38.2. The maximum absolute atomic E-state index is 13.3. The van der Waals surface area contributed by atoms with Gasteiger partial charge in [0.25, 0.3) is 5.91 Å². The predicted molar refractivity (Wildman–Crippen MR) is 80.9 cm³/mol. The van der Waals surface area contributed by atoms with Crippen molar-refractivity contribution >= 4 is 34.0 Å². The van der Waals surface area contributed by atoms with Crippen molar-refractivity contribution in [2.45, 2.75) is 0 Å². The van der Waals surface area contributed by atoms with Crippen molar-refractivity contribution in [1.82, 2.24) is 10.2 Å². The van der Waals surface area contributed by atoms with Crippen molar-refractivity contribution in [3.63, 3.8) is 0 Å². The Morgan fingerprint density at radius 2 is 1.95 bits per heavy atom. The van der Waals surface area contributed by atoms with Gasteiger partial charge in [0, 0.05) is 26.2 Å². The second-order valence-electron chi connectivity index (χ2n) is 4.61. The third-order valence-electron chi connectivity index (χ3n) is 2.91. The Bertz CT molecular complexity index is 618. The van der Waals surface area contributed by atoms with Crippen LogP contribution in [0, 0.1) is 5.82 Å². The van der Waals surface area contributed by atoms with Crippen molar-refractivity contribution in [2.24, 2.45) is 0 Å². The van der Waals surface area contributed by atoms with Crippen molar-refractivity contribution in [2.75, 3.05) is 37.2 Å². The van der Waals surface area contributed by atoms with E-state index >= 15 is 0 Å². The zero-order valence-corrected chi connectivity index (χ0v) is 13.1. The van der Waals surface area contributed by atoms with E-state index in [2.05, 4.69) is 10.0 Å². The zero-order chi connectivity index (χ0) is 14.8. The lowest BCUT2D eigenvalue weighted by molar-refractivity contribution is 0.0736. The Morgan fingerprint density at radius 1 is 1.33 bits per heavy atom. The van der Waals surface area contributed by atoms with E-state index in [1.54, 1.807) is 4.90 Å². The van der Waals surface area contributed by atoms with Gasteiger partial charge in [0.05, 0.1) is 17.5 Å². The van der Waals surface area contributed by atoms with Gasteiger partial charge in [0.1, 0.15) is 5.82 Å². The van der Waals surface area contributed by atoms with E-state index < -0.39 is 15.8 Å². The molecule has 21 heavy (non-hydrogen) atoms. The van der Waals surface area contributed by atoms with E-state index in [4.69, 9.17) is 0 Å². The third-order valence-corrected chi connectivity index (χ3v) is 3.50. The van der Waals surface area contributed by atoms with Crippen LogP contribution in [0.2, 0.25) is 0 Å². The molecule has 1 amide bonds. The summed E-state index contributed by atoms with van der Waals surface area (Å²) >= 11 is 0. The van der Waals surface area contributed by atoms with Crippen LogP contribution in [0.15, 0.2) is 18.2 Å². The molecule has 0 spiro atoms. The molecular formula is C12H17ClFN3O3S. The number of carbonyl (C=O) groups is 1. The first kappa shape index (κ1) is 17.7. The zero-order valence-electron chi connectivity index (χ0n) is 11.4. The topological polar surface area (TPSA) is 78.5 Å². The van der Waals surface area contributed by atoms with E-state index in [9.17, 15) is 17.6 Å². The molecule has 2 N–H and O–H groups in total. The van der Waals surface area contributed by atoms with Crippen LogP contribution in [0.3, 0.4) is 0 Å². The van der Waals surface area contributed by atoms with Gasteiger partial charge in [0.15, 0.2) is 0 Å². The number of anilines is 1. The average molecular weight is 338 g/mol. The first-order chi connectivity index (χ1) is 9.37. The summed E-state index contributed by atoms with van der Waals surface area (Å²) in [6.45, 7) is 2.34.